The number of rotatable bonds is 7. The Hall–Kier alpha value is -2.64. The molecule has 3 N–H and O–H groups in total. The average Bonchev–Trinajstić information content (AvgIpc) is 3.10. The van der Waals surface area contributed by atoms with Crippen molar-refractivity contribution < 1.29 is 19.0 Å². The lowest BCUT2D eigenvalue weighted by Crippen LogP contribution is -2.46. The van der Waals surface area contributed by atoms with Gasteiger partial charge in [0.05, 0.1) is 6.61 Å². The van der Waals surface area contributed by atoms with E-state index in [1.165, 1.54) is 6.07 Å². The second-order valence-electron chi connectivity index (χ2n) is 7.44. The summed E-state index contributed by atoms with van der Waals surface area (Å²) in [6.45, 7) is 2.75. The lowest BCUT2D eigenvalue weighted by molar-refractivity contribution is 0.0675. The molecule has 0 spiro atoms. The minimum atomic E-state index is -0.326. The number of ether oxygens (including phenoxy) is 1. The maximum Gasteiger partial charge on any atom is 0.254 e. The van der Waals surface area contributed by atoms with Crippen molar-refractivity contribution in [3.05, 3.63) is 58.9 Å². The molecule has 0 bridgehead atoms. The molecular weight excluding hydrogens is 373 g/mol. The molecule has 1 unspecified atom stereocenters. The smallest absolute Gasteiger partial charge is 0.254 e. The van der Waals surface area contributed by atoms with Crippen molar-refractivity contribution in [2.45, 2.75) is 32.0 Å². The van der Waals surface area contributed by atoms with E-state index in [-0.39, 0.29) is 37.5 Å². The van der Waals surface area contributed by atoms with Gasteiger partial charge in [-0.3, -0.25) is 4.79 Å². The lowest BCUT2D eigenvalue weighted by Gasteiger charge is -2.31. The molecule has 1 amide bonds. The minimum Gasteiger partial charge on any atom is -0.491 e. The van der Waals surface area contributed by atoms with Crippen LogP contribution in [-0.2, 0) is 13.1 Å². The van der Waals surface area contributed by atoms with Gasteiger partial charge in [-0.25, -0.2) is 4.39 Å². The zero-order chi connectivity index (χ0) is 20.2. The number of nitrogens with one attached hydrogen (secondary N) is 2. The number of hydrogen-bond donors (Lipinski definition) is 3. The fourth-order valence-corrected chi connectivity index (χ4v) is 4.04. The van der Waals surface area contributed by atoms with Gasteiger partial charge in [0.25, 0.3) is 5.91 Å². The highest BCUT2D eigenvalue weighted by Crippen LogP contribution is 2.32. The van der Waals surface area contributed by atoms with Crippen LogP contribution >= 0.6 is 0 Å². The molecule has 1 saturated heterocycles. The Balaban J connectivity index is 1.49. The first-order chi connectivity index (χ1) is 14.2. The fraction of sp³-hybridized carbons (Fsp3) is 0.409. The van der Waals surface area contributed by atoms with Crippen LogP contribution in [0.1, 0.15) is 34.3 Å². The minimum absolute atomic E-state index is 0.0722. The van der Waals surface area contributed by atoms with Gasteiger partial charge in [-0.05, 0) is 49.7 Å². The Bertz CT molecular complexity index is 884. The van der Waals surface area contributed by atoms with Crippen molar-refractivity contribution in [1.82, 2.24) is 10.2 Å². The highest BCUT2D eigenvalue weighted by atomic mass is 19.1. The largest absolute Gasteiger partial charge is 0.491 e. The number of carbonyl (C=O) groups excluding carboxylic acids is 1. The Morgan fingerprint density at radius 1 is 1.31 bits per heavy atom. The standard InChI is InChI=1S/C22H26FN3O3/c23-20-7-6-17(29-10-9-27)11-15(20)12-25-21-5-1-4-18-19(21)14-26(22(18)28)16-3-2-8-24-13-16/h1,4-7,11,16,24-25,27H,2-3,8-10,12-14H2. The van der Waals surface area contributed by atoms with Crippen LogP contribution in [0.4, 0.5) is 10.1 Å². The number of fused-ring (bicyclic) bond motifs is 1. The molecule has 2 aliphatic rings. The van der Waals surface area contributed by atoms with E-state index in [9.17, 15) is 9.18 Å². The Morgan fingerprint density at radius 2 is 2.21 bits per heavy atom. The molecular formula is C22H26FN3O3. The molecule has 154 valence electrons. The van der Waals surface area contributed by atoms with Gasteiger partial charge in [0.15, 0.2) is 0 Å². The quantitative estimate of drug-likeness (QED) is 0.667. The Kier molecular flexibility index (Phi) is 5.97. The van der Waals surface area contributed by atoms with Crippen molar-refractivity contribution in [1.29, 1.82) is 0 Å². The summed E-state index contributed by atoms with van der Waals surface area (Å²) >= 11 is 0. The maximum atomic E-state index is 14.2. The van der Waals surface area contributed by atoms with Crippen molar-refractivity contribution >= 4 is 11.6 Å². The van der Waals surface area contributed by atoms with Gasteiger partial charge >= 0.3 is 0 Å². The summed E-state index contributed by atoms with van der Waals surface area (Å²) in [6, 6.07) is 10.4. The van der Waals surface area contributed by atoms with E-state index in [0.717, 1.165) is 42.7 Å². The number of carbonyl (C=O) groups is 1. The number of nitrogens with zero attached hydrogens (tertiary/aromatic N) is 1. The van der Waals surface area contributed by atoms with Gasteiger partial charge in [0, 0.05) is 48.1 Å². The van der Waals surface area contributed by atoms with Gasteiger partial charge in [-0.15, -0.1) is 0 Å². The molecule has 2 aromatic rings. The number of anilines is 1. The van der Waals surface area contributed by atoms with E-state index in [4.69, 9.17) is 9.84 Å². The van der Waals surface area contributed by atoms with Crippen molar-refractivity contribution in [3.8, 4) is 5.75 Å². The van der Waals surface area contributed by atoms with Crippen molar-refractivity contribution in [2.75, 3.05) is 31.6 Å². The van der Waals surface area contributed by atoms with Crippen LogP contribution < -0.4 is 15.4 Å². The summed E-state index contributed by atoms with van der Waals surface area (Å²) in [7, 11) is 0. The predicted octanol–water partition coefficient (Wildman–Crippen LogP) is 2.52. The Morgan fingerprint density at radius 3 is 3.00 bits per heavy atom. The Labute approximate surface area is 169 Å². The summed E-state index contributed by atoms with van der Waals surface area (Å²) in [4.78, 5) is 14.8. The molecule has 1 fully saturated rings. The number of aliphatic hydroxyl groups excluding tert-OH is 1. The highest BCUT2D eigenvalue weighted by molar-refractivity contribution is 6.00. The topological polar surface area (TPSA) is 73.8 Å². The van der Waals surface area contributed by atoms with Crippen LogP contribution in [0.3, 0.4) is 0 Å². The first-order valence-corrected chi connectivity index (χ1v) is 10.1. The zero-order valence-corrected chi connectivity index (χ0v) is 16.3. The number of piperidine rings is 1. The van der Waals surface area contributed by atoms with Crippen LogP contribution in [0.5, 0.6) is 5.75 Å². The van der Waals surface area contributed by atoms with Gasteiger partial charge in [0.2, 0.25) is 0 Å². The molecule has 6 nitrogen and oxygen atoms in total. The predicted molar refractivity (Wildman–Crippen MR) is 109 cm³/mol. The average molecular weight is 399 g/mol. The number of benzene rings is 2. The number of halogens is 1. The molecule has 2 aliphatic heterocycles. The maximum absolute atomic E-state index is 14.2. The van der Waals surface area contributed by atoms with Crippen LogP contribution in [0.25, 0.3) is 0 Å². The molecule has 1 atom stereocenters. The third kappa shape index (κ3) is 4.21. The second-order valence-corrected chi connectivity index (χ2v) is 7.44. The number of aliphatic hydroxyl groups is 1. The van der Waals surface area contributed by atoms with Gasteiger partial charge in [0.1, 0.15) is 18.2 Å². The van der Waals surface area contributed by atoms with E-state index in [1.54, 1.807) is 12.1 Å². The third-order valence-corrected chi connectivity index (χ3v) is 5.55. The highest BCUT2D eigenvalue weighted by Gasteiger charge is 2.34. The fourth-order valence-electron chi connectivity index (χ4n) is 4.04. The van der Waals surface area contributed by atoms with Crippen LogP contribution in [0, 0.1) is 5.82 Å². The van der Waals surface area contributed by atoms with E-state index in [2.05, 4.69) is 10.6 Å². The monoisotopic (exact) mass is 399 g/mol. The van der Waals surface area contributed by atoms with Gasteiger partial charge < -0.3 is 25.4 Å². The molecule has 0 saturated carbocycles. The van der Waals surface area contributed by atoms with Gasteiger partial charge in [-0.2, -0.15) is 0 Å². The van der Waals surface area contributed by atoms with E-state index >= 15 is 0 Å². The molecule has 0 radical (unpaired) electrons. The van der Waals surface area contributed by atoms with Crippen molar-refractivity contribution in [2.24, 2.45) is 0 Å². The van der Waals surface area contributed by atoms with Crippen molar-refractivity contribution in [3.63, 3.8) is 0 Å². The molecule has 4 rings (SSSR count). The first kappa shape index (κ1) is 19.7. The van der Waals surface area contributed by atoms with Crippen LogP contribution in [-0.4, -0.2) is 48.3 Å². The van der Waals surface area contributed by atoms with Crippen LogP contribution in [0.15, 0.2) is 36.4 Å². The molecule has 7 heteroatoms. The van der Waals surface area contributed by atoms with E-state index in [0.29, 0.717) is 17.9 Å². The van der Waals surface area contributed by atoms with Crippen LogP contribution in [0.2, 0.25) is 0 Å². The van der Waals surface area contributed by atoms with Gasteiger partial charge in [-0.1, -0.05) is 6.07 Å². The van der Waals surface area contributed by atoms with E-state index in [1.807, 2.05) is 23.1 Å². The summed E-state index contributed by atoms with van der Waals surface area (Å²) in [5, 5.41) is 15.5. The second kappa shape index (κ2) is 8.80. The summed E-state index contributed by atoms with van der Waals surface area (Å²) in [6.07, 6.45) is 2.09. The third-order valence-electron chi connectivity index (χ3n) is 5.55. The molecule has 0 aliphatic carbocycles. The summed E-state index contributed by atoms with van der Waals surface area (Å²) < 4.78 is 19.6. The molecule has 0 aromatic heterocycles. The number of hydrogen-bond acceptors (Lipinski definition) is 5. The molecule has 2 heterocycles. The zero-order valence-electron chi connectivity index (χ0n) is 16.3. The van der Waals surface area contributed by atoms with E-state index < -0.39 is 0 Å². The summed E-state index contributed by atoms with van der Waals surface area (Å²) in [5.74, 6) is 0.261. The SMILES string of the molecule is O=C1c2cccc(NCc3cc(OCCO)ccc3F)c2CN1C1CCCNC1. The first-order valence-electron chi connectivity index (χ1n) is 10.1. The number of amides is 1. The molecule has 29 heavy (non-hydrogen) atoms. The lowest BCUT2D eigenvalue weighted by atomic mass is 10.1. The molecule has 2 aromatic carbocycles. The summed E-state index contributed by atoms with van der Waals surface area (Å²) in [5.41, 5.74) is 3.01. The normalized spacial score (nSPS) is 18.6.